The fourth-order valence-corrected chi connectivity index (χ4v) is 1.21. The molecule has 0 aromatic carbocycles. The lowest BCUT2D eigenvalue weighted by atomic mass is 10.1. The average Bonchev–Trinajstić information content (AvgIpc) is 2.33. The Bertz CT molecular complexity index is 259. The molecule has 1 heterocycles. The Labute approximate surface area is 77.4 Å². The molecule has 0 bridgehead atoms. The maximum absolute atomic E-state index is 4.86. The molecule has 0 radical (unpaired) electrons. The van der Waals surface area contributed by atoms with E-state index in [2.05, 4.69) is 23.1 Å². The van der Waals surface area contributed by atoms with E-state index in [1.807, 2.05) is 0 Å². The van der Waals surface area contributed by atoms with Crippen molar-refractivity contribution < 1.29 is 0 Å². The van der Waals surface area contributed by atoms with Gasteiger partial charge in [0.2, 0.25) is 5.11 Å². The van der Waals surface area contributed by atoms with E-state index in [0.717, 1.165) is 24.3 Å². The summed E-state index contributed by atoms with van der Waals surface area (Å²) in [6, 6.07) is 0. The molecule has 0 aromatic heterocycles. The van der Waals surface area contributed by atoms with Crippen molar-refractivity contribution in [1.82, 2.24) is 0 Å². The van der Waals surface area contributed by atoms with Crippen LogP contribution in [0, 0.1) is 0 Å². The standard InChI is InChI=1S/C9H10N2S/c1-3-5-7-8(6-4-2)11-9(12)10-7/h3-4H,1-2,5-6H2. The highest BCUT2D eigenvalue weighted by atomic mass is 32.1. The smallest absolute Gasteiger partial charge is 0.219 e. The van der Waals surface area contributed by atoms with Crippen molar-refractivity contribution in [3.8, 4) is 0 Å². The molecule has 0 N–H and O–H groups in total. The molecule has 1 aliphatic rings. The van der Waals surface area contributed by atoms with Crippen molar-refractivity contribution in [2.45, 2.75) is 12.8 Å². The number of allylic oxidation sites excluding steroid dienone is 2. The van der Waals surface area contributed by atoms with Crippen LogP contribution in [0.2, 0.25) is 0 Å². The van der Waals surface area contributed by atoms with Crippen molar-refractivity contribution >= 4 is 28.8 Å². The molecule has 0 spiro atoms. The SMILES string of the molecule is C=CCC1=NC(=S)N=C1CC=C. The zero-order valence-corrected chi connectivity index (χ0v) is 7.60. The van der Waals surface area contributed by atoms with Crippen molar-refractivity contribution in [1.29, 1.82) is 0 Å². The van der Waals surface area contributed by atoms with Gasteiger partial charge in [-0.3, -0.25) is 0 Å². The van der Waals surface area contributed by atoms with Crippen LogP contribution >= 0.6 is 12.2 Å². The van der Waals surface area contributed by atoms with Crippen LogP contribution < -0.4 is 0 Å². The Morgan fingerprint density at radius 1 is 1.08 bits per heavy atom. The van der Waals surface area contributed by atoms with Crippen LogP contribution in [0.4, 0.5) is 0 Å². The van der Waals surface area contributed by atoms with E-state index in [0.29, 0.717) is 5.11 Å². The number of thiocarbonyl (C=S) groups is 1. The molecule has 0 amide bonds. The molecule has 0 aliphatic carbocycles. The average molecular weight is 178 g/mol. The molecule has 1 rings (SSSR count). The van der Waals surface area contributed by atoms with Crippen LogP contribution in [-0.2, 0) is 0 Å². The minimum atomic E-state index is 0.420. The van der Waals surface area contributed by atoms with Crippen molar-refractivity contribution in [2.24, 2.45) is 9.98 Å². The van der Waals surface area contributed by atoms with Gasteiger partial charge in [0.05, 0.1) is 11.4 Å². The second-order valence-corrected chi connectivity index (χ2v) is 2.75. The topological polar surface area (TPSA) is 24.7 Å². The monoisotopic (exact) mass is 178 g/mol. The summed E-state index contributed by atoms with van der Waals surface area (Å²) in [4.78, 5) is 8.21. The molecule has 0 saturated heterocycles. The third kappa shape index (κ3) is 1.95. The van der Waals surface area contributed by atoms with E-state index in [9.17, 15) is 0 Å². The van der Waals surface area contributed by atoms with Gasteiger partial charge in [0.25, 0.3) is 0 Å². The number of hydrogen-bond donors (Lipinski definition) is 0. The quantitative estimate of drug-likeness (QED) is 0.479. The lowest BCUT2D eigenvalue weighted by molar-refractivity contribution is 1.46. The van der Waals surface area contributed by atoms with E-state index in [1.54, 1.807) is 12.2 Å². The Balaban J connectivity index is 2.78. The van der Waals surface area contributed by atoms with Crippen molar-refractivity contribution in [3.63, 3.8) is 0 Å². The summed E-state index contributed by atoms with van der Waals surface area (Å²) in [6.07, 6.45) is 5.05. The summed E-state index contributed by atoms with van der Waals surface area (Å²) in [5.74, 6) is 0. The minimum Gasteiger partial charge on any atom is -0.221 e. The van der Waals surface area contributed by atoms with Gasteiger partial charge in [0, 0.05) is 12.8 Å². The Kier molecular flexibility index (Phi) is 3.05. The van der Waals surface area contributed by atoms with E-state index in [4.69, 9.17) is 12.2 Å². The summed E-state index contributed by atoms with van der Waals surface area (Å²) >= 11 is 4.86. The fourth-order valence-electron chi connectivity index (χ4n) is 0.985. The molecule has 0 unspecified atom stereocenters. The Morgan fingerprint density at radius 3 is 1.83 bits per heavy atom. The predicted molar refractivity (Wildman–Crippen MR) is 57.1 cm³/mol. The second-order valence-electron chi connectivity index (χ2n) is 2.39. The van der Waals surface area contributed by atoms with Crippen LogP contribution in [-0.4, -0.2) is 16.5 Å². The van der Waals surface area contributed by atoms with Crippen molar-refractivity contribution in [2.75, 3.05) is 0 Å². The molecule has 3 heteroatoms. The van der Waals surface area contributed by atoms with Gasteiger partial charge in [-0.1, -0.05) is 12.2 Å². The molecule has 2 nitrogen and oxygen atoms in total. The third-order valence-corrected chi connectivity index (χ3v) is 1.65. The van der Waals surface area contributed by atoms with Crippen LogP contribution in [0.3, 0.4) is 0 Å². The largest absolute Gasteiger partial charge is 0.221 e. The molecular weight excluding hydrogens is 168 g/mol. The highest BCUT2D eigenvalue weighted by Gasteiger charge is 2.13. The van der Waals surface area contributed by atoms with Crippen LogP contribution in [0.25, 0.3) is 0 Å². The fraction of sp³-hybridized carbons (Fsp3) is 0.222. The summed E-state index contributed by atoms with van der Waals surface area (Å²) < 4.78 is 0. The summed E-state index contributed by atoms with van der Waals surface area (Å²) in [7, 11) is 0. The molecule has 0 fully saturated rings. The first-order chi connectivity index (χ1) is 5.77. The van der Waals surface area contributed by atoms with E-state index >= 15 is 0 Å². The van der Waals surface area contributed by atoms with Gasteiger partial charge < -0.3 is 0 Å². The summed E-state index contributed by atoms with van der Waals surface area (Å²) in [5.41, 5.74) is 1.85. The predicted octanol–water partition coefficient (Wildman–Crippen LogP) is 2.32. The van der Waals surface area contributed by atoms with Crippen LogP contribution in [0.5, 0.6) is 0 Å². The summed E-state index contributed by atoms with van der Waals surface area (Å²) in [5, 5.41) is 0.420. The van der Waals surface area contributed by atoms with Gasteiger partial charge in [-0.25, -0.2) is 9.98 Å². The lowest BCUT2D eigenvalue weighted by Gasteiger charge is -1.96. The molecule has 0 saturated carbocycles. The molecule has 12 heavy (non-hydrogen) atoms. The number of rotatable bonds is 4. The molecule has 1 aliphatic heterocycles. The maximum Gasteiger partial charge on any atom is 0.219 e. The lowest BCUT2D eigenvalue weighted by Crippen LogP contribution is -2.08. The van der Waals surface area contributed by atoms with Gasteiger partial charge in [0.15, 0.2) is 0 Å². The van der Waals surface area contributed by atoms with E-state index in [-0.39, 0.29) is 0 Å². The van der Waals surface area contributed by atoms with Gasteiger partial charge in [-0.05, 0) is 12.2 Å². The number of nitrogens with zero attached hydrogens (tertiary/aromatic N) is 2. The van der Waals surface area contributed by atoms with E-state index in [1.165, 1.54) is 0 Å². The minimum absolute atomic E-state index is 0.420. The first-order valence-electron chi connectivity index (χ1n) is 3.69. The highest BCUT2D eigenvalue weighted by molar-refractivity contribution is 7.80. The second kappa shape index (κ2) is 4.07. The Morgan fingerprint density at radius 2 is 1.50 bits per heavy atom. The first-order valence-corrected chi connectivity index (χ1v) is 4.10. The van der Waals surface area contributed by atoms with Crippen molar-refractivity contribution in [3.05, 3.63) is 25.3 Å². The molecular formula is C9H10N2S. The molecule has 0 atom stereocenters. The van der Waals surface area contributed by atoms with Gasteiger partial charge in [-0.2, -0.15) is 0 Å². The number of hydrogen-bond acceptors (Lipinski definition) is 1. The normalized spacial score (nSPS) is 15.5. The maximum atomic E-state index is 4.86. The number of aliphatic imine (C=N–C) groups is 2. The van der Waals surface area contributed by atoms with Gasteiger partial charge >= 0.3 is 0 Å². The third-order valence-electron chi connectivity index (χ3n) is 1.47. The summed E-state index contributed by atoms with van der Waals surface area (Å²) in [6.45, 7) is 7.28. The van der Waals surface area contributed by atoms with E-state index < -0.39 is 0 Å². The van der Waals surface area contributed by atoms with Crippen LogP contribution in [0.15, 0.2) is 35.3 Å². The Hall–Kier alpha value is -1.09. The molecule has 62 valence electrons. The van der Waals surface area contributed by atoms with Gasteiger partial charge in [0.1, 0.15) is 0 Å². The molecule has 0 aromatic rings. The van der Waals surface area contributed by atoms with Crippen LogP contribution in [0.1, 0.15) is 12.8 Å². The van der Waals surface area contributed by atoms with Gasteiger partial charge in [-0.15, -0.1) is 13.2 Å². The zero-order valence-electron chi connectivity index (χ0n) is 6.79. The highest BCUT2D eigenvalue weighted by Crippen LogP contribution is 2.07. The zero-order chi connectivity index (χ0) is 8.97. The first kappa shape index (κ1) is 9.00.